The summed E-state index contributed by atoms with van der Waals surface area (Å²) in [5.41, 5.74) is 2.94. The lowest BCUT2D eigenvalue weighted by molar-refractivity contribution is 0.243. The quantitative estimate of drug-likeness (QED) is 0.807. The van der Waals surface area contributed by atoms with Crippen molar-refractivity contribution < 1.29 is 4.74 Å². The van der Waals surface area contributed by atoms with Crippen LogP contribution in [0.5, 0.6) is 5.75 Å². The minimum absolute atomic E-state index is 0.820. The van der Waals surface area contributed by atoms with Crippen LogP contribution in [0.2, 0.25) is 0 Å². The van der Waals surface area contributed by atoms with Crippen molar-refractivity contribution in [3.63, 3.8) is 0 Å². The molecule has 0 bridgehead atoms. The lowest BCUT2D eigenvalue weighted by Crippen LogP contribution is -2.29. The van der Waals surface area contributed by atoms with Crippen molar-refractivity contribution >= 4 is 0 Å². The second-order valence-corrected chi connectivity index (χ2v) is 6.33. The molecule has 0 amide bonds. The molecule has 0 radical (unpaired) electrons. The molecule has 22 heavy (non-hydrogen) atoms. The van der Waals surface area contributed by atoms with Gasteiger partial charge in [-0.3, -0.25) is 0 Å². The third-order valence-electron chi connectivity index (χ3n) is 4.64. The Morgan fingerprint density at radius 3 is 2.77 bits per heavy atom. The monoisotopic (exact) mass is 303 g/mol. The summed E-state index contributed by atoms with van der Waals surface area (Å²) >= 11 is 0. The fourth-order valence-electron chi connectivity index (χ4n) is 3.34. The Morgan fingerprint density at radius 2 is 1.82 bits per heavy atom. The zero-order chi connectivity index (χ0) is 15.0. The fraction of sp³-hybridized carbons (Fsp3) is 0.667. The van der Waals surface area contributed by atoms with Gasteiger partial charge < -0.3 is 20.3 Å². The summed E-state index contributed by atoms with van der Waals surface area (Å²) in [7, 11) is 0. The third kappa shape index (κ3) is 4.70. The zero-order valence-corrected chi connectivity index (χ0v) is 13.6. The molecule has 1 aromatic carbocycles. The SMILES string of the molecule is c1cc2c(cc1OCCCN1CCCNCC1)CCNCC2. The van der Waals surface area contributed by atoms with Gasteiger partial charge in [-0.1, -0.05) is 6.07 Å². The summed E-state index contributed by atoms with van der Waals surface area (Å²) < 4.78 is 5.97. The lowest BCUT2D eigenvalue weighted by Gasteiger charge is -2.19. The van der Waals surface area contributed by atoms with E-state index in [1.165, 1.54) is 30.6 Å². The highest BCUT2D eigenvalue weighted by Gasteiger charge is 2.10. The summed E-state index contributed by atoms with van der Waals surface area (Å²) in [6.45, 7) is 8.83. The molecule has 2 aliphatic heterocycles. The Labute approximate surface area is 134 Å². The van der Waals surface area contributed by atoms with E-state index in [-0.39, 0.29) is 0 Å². The largest absolute Gasteiger partial charge is 0.494 e. The van der Waals surface area contributed by atoms with Crippen LogP contribution in [-0.2, 0) is 12.8 Å². The number of fused-ring (bicyclic) bond motifs is 1. The van der Waals surface area contributed by atoms with Crippen LogP contribution in [-0.4, -0.2) is 57.3 Å². The van der Waals surface area contributed by atoms with E-state index in [2.05, 4.69) is 33.7 Å². The first kappa shape index (κ1) is 15.8. The molecule has 0 saturated carbocycles. The summed E-state index contributed by atoms with van der Waals surface area (Å²) in [6, 6.07) is 6.64. The second kappa shape index (κ2) is 8.51. The Hall–Kier alpha value is -1.10. The van der Waals surface area contributed by atoms with E-state index >= 15 is 0 Å². The van der Waals surface area contributed by atoms with Crippen LogP contribution < -0.4 is 15.4 Å². The predicted molar refractivity (Wildman–Crippen MR) is 90.8 cm³/mol. The van der Waals surface area contributed by atoms with Gasteiger partial charge in [-0.25, -0.2) is 0 Å². The van der Waals surface area contributed by atoms with E-state index in [9.17, 15) is 0 Å². The smallest absolute Gasteiger partial charge is 0.119 e. The average molecular weight is 303 g/mol. The van der Waals surface area contributed by atoms with Crippen molar-refractivity contribution in [2.24, 2.45) is 0 Å². The highest BCUT2D eigenvalue weighted by molar-refractivity contribution is 5.36. The predicted octanol–water partition coefficient (Wildman–Crippen LogP) is 1.44. The Kier molecular flexibility index (Phi) is 6.11. The molecule has 2 N–H and O–H groups in total. The van der Waals surface area contributed by atoms with Gasteiger partial charge in [0.1, 0.15) is 5.75 Å². The van der Waals surface area contributed by atoms with Crippen LogP contribution in [0.4, 0.5) is 0 Å². The molecule has 3 rings (SSSR count). The maximum Gasteiger partial charge on any atom is 0.119 e. The molecule has 122 valence electrons. The standard InChI is InChI=1S/C18H29N3O/c1-7-19-10-13-21(11-1)12-2-14-22-18-4-3-16-5-8-20-9-6-17(16)15-18/h3-4,15,19-20H,1-2,5-14H2. The van der Waals surface area contributed by atoms with Crippen LogP contribution in [0, 0.1) is 0 Å². The van der Waals surface area contributed by atoms with Crippen molar-refractivity contribution in [1.29, 1.82) is 0 Å². The molecule has 1 fully saturated rings. The lowest BCUT2D eigenvalue weighted by atomic mass is 10.0. The molecule has 1 saturated heterocycles. The number of nitrogens with one attached hydrogen (secondary N) is 2. The first-order valence-electron chi connectivity index (χ1n) is 8.80. The molecule has 0 aromatic heterocycles. The molecule has 0 aliphatic carbocycles. The van der Waals surface area contributed by atoms with E-state index in [1.54, 1.807) is 0 Å². The number of hydrogen-bond acceptors (Lipinski definition) is 4. The average Bonchev–Trinajstić information content (AvgIpc) is 2.93. The van der Waals surface area contributed by atoms with E-state index in [4.69, 9.17) is 4.74 Å². The fourth-order valence-corrected chi connectivity index (χ4v) is 3.34. The van der Waals surface area contributed by atoms with Gasteiger partial charge in [-0.15, -0.1) is 0 Å². The molecule has 2 heterocycles. The molecule has 1 aromatic rings. The Balaban J connectivity index is 1.42. The number of ether oxygens (including phenoxy) is 1. The van der Waals surface area contributed by atoms with Crippen LogP contribution in [0.1, 0.15) is 24.0 Å². The van der Waals surface area contributed by atoms with Gasteiger partial charge in [0, 0.05) is 19.6 Å². The normalized spacial score (nSPS) is 20.0. The van der Waals surface area contributed by atoms with Gasteiger partial charge in [0.05, 0.1) is 6.61 Å². The van der Waals surface area contributed by atoms with Crippen molar-refractivity contribution in [3.05, 3.63) is 29.3 Å². The van der Waals surface area contributed by atoms with Gasteiger partial charge in [-0.05, 0) is 75.1 Å². The molecular weight excluding hydrogens is 274 g/mol. The van der Waals surface area contributed by atoms with E-state index in [0.717, 1.165) is 64.3 Å². The van der Waals surface area contributed by atoms with Crippen LogP contribution >= 0.6 is 0 Å². The topological polar surface area (TPSA) is 36.5 Å². The second-order valence-electron chi connectivity index (χ2n) is 6.33. The minimum atomic E-state index is 0.820. The molecule has 0 atom stereocenters. The number of rotatable bonds is 5. The Bertz CT molecular complexity index is 456. The van der Waals surface area contributed by atoms with Crippen LogP contribution in [0.3, 0.4) is 0 Å². The van der Waals surface area contributed by atoms with Crippen molar-refractivity contribution in [2.45, 2.75) is 25.7 Å². The van der Waals surface area contributed by atoms with Crippen molar-refractivity contribution in [2.75, 3.05) is 52.4 Å². The summed E-state index contributed by atoms with van der Waals surface area (Å²) in [6.07, 6.45) is 4.63. The molecular formula is C18H29N3O. The number of nitrogens with zero attached hydrogens (tertiary/aromatic N) is 1. The third-order valence-corrected chi connectivity index (χ3v) is 4.64. The number of benzene rings is 1. The van der Waals surface area contributed by atoms with Gasteiger partial charge >= 0.3 is 0 Å². The summed E-state index contributed by atoms with van der Waals surface area (Å²) in [5.74, 6) is 1.04. The van der Waals surface area contributed by atoms with Crippen molar-refractivity contribution in [3.8, 4) is 5.75 Å². The van der Waals surface area contributed by atoms with E-state index in [0.29, 0.717) is 0 Å². The molecule has 2 aliphatic rings. The first-order valence-corrected chi connectivity index (χ1v) is 8.80. The van der Waals surface area contributed by atoms with Crippen LogP contribution in [0.15, 0.2) is 18.2 Å². The van der Waals surface area contributed by atoms with Gasteiger partial charge in [-0.2, -0.15) is 0 Å². The molecule has 4 heteroatoms. The Morgan fingerprint density at radius 1 is 0.955 bits per heavy atom. The molecule has 4 nitrogen and oxygen atoms in total. The summed E-state index contributed by atoms with van der Waals surface area (Å²) in [4.78, 5) is 2.55. The van der Waals surface area contributed by atoms with Crippen molar-refractivity contribution in [1.82, 2.24) is 15.5 Å². The van der Waals surface area contributed by atoms with Crippen LogP contribution in [0.25, 0.3) is 0 Å². The van der Waals surface area contributed by atoms with Gasteiger partial charge in [0.15, 0.2) is 0 Å². The molecule has 0 unspecified atom stereocenters. The van der Waals surface area contributed by atoms with Gasteiger partial charge in [0.2, 0.25) is 0 Å². The van der Waals surface area contributed by atoms with Gasteiger partial charge in [0.25, 0.3) is 0 Å². The minimum Gasteiger partial charge on any atom is -0.494 e. The highest BCUT2D eigenvalue weighted by atomic mass is 16.5. The maximum atomic E-state index is 5.97. The number of hydrogen-bond donors (Lipinski definition) is 2. The van der Waals surface area contributed by atoms with E-state index in [1.807, 2.05) is 0 Å². The highest BCUT2D eigenvalue weighted by Crippen LogP contribution is 2.20. The first-order chi connectivity index (χ1) is 10.9. The van der Waals surface area contributed by atoms with E-state index < -0.39 is 0 Å². The zero-order valence-electron chi connectivity index (χ0n) is 13.6. The molecule has 0 spiro atoms. The maximum absolute atomic E-state index is 5.97. The summed E-state index contributed by atoms with van der Waals surface area (Å²) in [5, 5.41) is 6.91.